The van der Waals surface area contributed by atoms with Crippen molar-refractivity contribution in [3.63, 3.8) is 0 Å². The summed E-state index contributed by atoms with van der Waals surface area (Å²) in [5.74, 6) is 1.13. The minimum atomic E-state index is -0.173. The summed E-state index contributed by atoms with van der Waals surface area (Å²) >= 11 is 0. The zero-order valence-electron chi connectivity index (χ0n) is 14.2. The van der Waals surface area contributed by atoms with Crippen LogP contribution in [-0.2, 0) is 11.3 Å². The molecular weight excluding hydrogens is 320 g/mol. The number of rotatable bonds is 6. The molecule has 1 aromatic heterocycles. The Kier molecular flexibility index (Phi) is 5.85. The number of aromatic nitrogens is 1. The minimum Gasteiger partial charge on any atom is -0.497 e. The fraction of sp³-hybridized carbons (Fsp3) is 0.368. The molecule has 0 saturated carbocycles. The second kappa shape index (κ2) is 8.48. The molecule has 132 valence electrons. The molecule has 1 N–H and O–H groups in total. The first-order valence-electron chi connectivity index (χ1n) is 8.36. The number of nitrogens with zero attached hydrogens (tertiary/aromatic N) is 1. The van der Waals surface area contributed by atoms with Crippen LogP contribution < -0.4 is 14.8 Å². The van der Waals surface area contributed by atoms with Crippen molar-refractivity contribution in [2.75, 3.05) is 20.3 Å². The molecule has 1 aromatic carbocycles. The molecule has 2 aromatic rings. The number of pyridine rings is 1. The number of methoxy groups -OCH3 is 1. The molecule has 6 nitrogen and oxygen atoms in total. The highest BCUT2D eigenvalue weighted by molar-refractivity contribution is 5.93. The van der Waals surface area contributed by atoms with E-state index in [0.717, 1.165) is 37.4 Å². The van der Waals surface area contributed by atoms with Crippen LogP contribution in [0.5, 0.6) is 11.6 Å². The van der Waals surface area contributed by atoms with Gasteiger partial charge >= 0.3 is 0 Å². The van der Waals surface area contributed by atoms with E-state index in [1.54, 1.807) is 19.2 Å². The molecule has 0 spiro atoms. The monoisotopic (exact) mass is 342 g/mol. The second-order valence-electron chi connectivity index (χ2n) is 5.85. The van der Waals surface area contributed by atoms with E-state index in [4.69, 9.17) is 14.2 Å². The Bertz CT molecular complexity index is 697. The van der Waals surface area contributed by atoms with Crippen molar-refractivity contribution in [3.05, 3.63) is 53.7 Å². The average molecular weight is 342 g/mol. The van der Waals surface area contributed by atoms with Crippen LogP contribution in [0.1, 0.15) is 28.8 Å². The SMILES string of the molecule is COc1cccc(CNC(=O)c2ccc(OC3CCOCC3)nc2)c1. The van der Waals surface area contributed by atoms with Crippen LogP contribution in [-0.4, -0.2) is 37.3 Å². The van der Waals surface area contributed by atoms with Gasteiger partial charge in [0, 0.05) is 31.6 Å². The van der Waals surface area contributed by atoms with Gasteiger partial charge in [-0.3, -0.25) is 4.79 Å². The van der Waals surface area contributed by atoms with E-state index in [0.29, 0.717) is 18.0 Å². The molecule has 1 aliphatic rings. The number of hydrogen-bond donors (Lipinski definition) is 1. The van der Waals surface area contributed by atoms with Crippen LogP contribution in [0.4, 0.5) is 0 Å². The van der Waals surface area contributed by atoms with E-state index >= 15 is 0 Å². The third-order valence-corrected chi connectivity index (χ3v) is 4.04. The maximum absolute atomic E-state index is 12.2. The number of hydrogen-bond acceptors (Lipinski definition) is 5. The molecule has 3 rings (SSSR count). The molecule has 0 bridgehead atoms. The summed E-state index contributed by atoms with van der Waals surface area (Å²) in [6.45, 7) is 1.86. The first-order valence-corrected chi connectivity index (χ1v) is 8.36. The number of amides is 1. The molecule has 0 aliphatic carbocycles. The fourth-order valence-corrected chi connectivity index (χ4v) is 2.62. The third kappa shape index (κ3) is 4.93. The van der Waals surface area contributed by atoms with E-state index in [1.807, 2.05) is 24.3 Å². The van der Waals surface area contributed by atoms with Crippen molar-refractivity contribution in [2.24, 2.45) is 0 Å². The lowest BCUT2D eigenvalue weighted by Crippen LogP contribution is -2.26. The van der Waals surface area contributed by atoms with E-state index in [9.17, 15) is 4.79 Å². The molecule has 0 unspecified atom stereocenters. The van der Waals surface area contributed by atoms with Gasteiger partial charge in [0.05, 0.1) is 25.9 Å². The van der Waals surface area contributed by atoms with Crippen LogP contribution in [0.25, 0.3) is 0 Å². The number of carbonyl (C=O) groups is 1. The Hall–Kier alpha value is -2.60. The summed E-state index contributed by atoms with van der Waals surface area (Å²) in [5, 5.41) is 2.88. The number of carbonyl (C=O) groups excluding carboxylic acids is 1. The third-order valence-electron chi connectivity index (χ3n) is 4.04. The predicted molar refractivity (Wildman–Crippen MR) is 92.9 cm³/mol. The van der Waals surface area contributed by atoms with Crippen LogP contribution >= 0.6 is 0 Å². The Balaban J connectivity index is 1.53. The van der Waals surface area contributed by atoms with Gasteiger partial charge < -0.3 is 19.5 Å². The van der Waals surface area contributed by atoms with Crippen molar-refractivity contribution < 1.29 is 19.0 Å². The zero-order valence-corrected chi connectivity index (χ0v) is 14.2. The zero-order chi connectivity index (χ0) is 17.5. The van der Waals surface area contributed by atoms with Crippen molar-refractivity contribution in [1.82, 2.24) is 10.3 Å². The predicted octanol–water partition coefficient (Wildman–Crippen LogP) is 2.58. The number of nitrogens with one attached hydrogen (secondary N) is 1. The topological polar surface area (TPSA) is 69.7 Å². The maximum Gasteiger partial charge on any atom is 0.253 e. The highest BCUT2D eigenvalue weighted by atomic mass is 16.5. The second-order valence-corrected chi connectivity index (χ2v) is 5.85. The van der Waals surface area contributed by atoms with E-state index in [-0.39, 0.29) is 12.0 Å². The summed E-state index contributed by atoms with van der Waals surface area (Å²) in [5.41, 5.74) is 1.47. The largest absolute Gasteiger partial charge is 0.497 e. The first-order chi connectivity index (χ1) is 12.2. The minimum absolute atomic E-state index is 0.133. The number of benzene rings is 1. The highest BCUT2D eigenvalue weighted by Crippen LogP contribution is 2.16. The van der Waals surface area contributed by atoms with Crippen molar-refractivity contribution in [3.8, 4) is 11.6 Å². The maximum atomic E-state index is 12.2. The average Bonchev–Trinajstić information content (AvgIpc) is 2.67. The molecule has 1 saturated heterocycles. The molecule has 1 fully saturated rings. The Labute approximate surface area is 147 Å². The Morgan fingerprint density at radius 3 is 2.84 bits per heavy atom. The van der Waals surface area contributed by atoms with Gasteiger partial charge in [-0.05, 0) is 23.8 Å². The molecule has 1 amide bonds. The van der Waals surface area contributed by atoms with Crippen LogP contribution in [0, 0.1) is 0 Å². The van der Waals surface area contributed by atoms with Gasteiger partial charge in [0.2, 0.25) is 5.88 Å². The summed E-state index contributed by atoms with van der Waals surface area (Å²) < 4.78 is 16.3. The summed E-state index contributed by atoms with van der Waals surface area (Å²) in [4.78, 5) is 16.5. The summed E-state index contributed by atoms with van der Waals surface area (Å²) in [7, 11) is 1.62. The fourth-order valence-electron chi connectivity index (χ4n) is 2.62. The lowest BCUT2D eigenvalue weighted by Gasteiger charge is -2.22. The molecule has 1 aliphatic heterocycles. The van der Waals surface area contributed by atoms with Gasteiger partial charge in [0.25, 0.3) is 5.91 Å². The molecule has 2 heterocycles. The van der Waals surface area contributed by atoms with E-state index in [2.05, 4.69) is 10.3 Å². The number of ether oxygens (including phenoxy) is 3. The Morgan fingerprint density at radius 2 is 2.12 bits per heavy atom. The molecule has 25 heavy (non-hydrogen) atoms. The van der Waals surface area contributed by atoms with Crippen molar-refractivity contribution >= 4 is 5.91 Å². The van der Waals surface area contributed by atoms with Gasteiger partial charge in [-0.2, -0.15) is 0 Å². The lowest BCUT2D eigenvalue weighted by molar-refractivity contribution is 0.0237. The van der Waals surface area contributed by atoms with Crippen LogP contribution in [0.2, 0.25) is 0 Å². The summed E-state index contributed by atoms with van der Waals surface area (Å²) in [6, 6.07) is 11.0. The van der Waals surface area contributed by atoms with Gasteiger partial charge in [-0.25, -0.2) is 4.98 Å². The lowest BCUT2D eigenvalue weighted by atomic mass is 10.1. The molecule has 0 radical (unpaired) electrons. The quantitative estimate of drug-likeness (QED) is 0.874. The van der Waals surface area contributed by atoms with Gasteiger partial charge in [0.1, 0.15) is 11.9 Å². The van der Waals surface area contributed by atoms with Crippen LogP contribution in [0.15, 0.2) is 42.6 Å². The van der Waals surface area contributed by atoms with Crippen molar-refractivity contribution in [1.29, 1.82) is 0 Å². The van der Waals surface area contributed by atoms with Gasteiger partial charge in [-0.15, -0.1) is 0 Å². The van der Waals surface area contributed by atoms with Crippen LogP contribution in [0.3, 0.4) is 0 Å². The molecule has 0 atom stereocenters. The van der Waals surface area contributed by atoms with Gasteiger partial charge in [0.15, 0.2) is 0 Å². The molecule has 6 heteroatoms. The normalized spacial score (nSPS) is 14.8. The Morgan fingerprint density at radius 1 is 1.28 bits per heavy atom. The summed E-state index contributed by atoms with van der Waals surface area (Å²) in [6.07, 6.45) is 3.40. The van der Waals surface area contributed by atoms with Gasteiger partial charge in [-0.1, -0.05) is 12.1 Å². The highest BCUT2D eigenvalue weighted by Gasteiger charge is 2.16. The van der Waals surface area contributed by atoms with E-state index < -0.39 is 0 Å². The van der Waals surface area contributed by atoms with Crippen molar-refractivity contribution in [2.45, 2.75) is 25.5 Å². The molecular formula is C19H22N2O4. The standard InChI is InChI=1S/C19H22N2O4/c1-23-17-4-2-3-14(11-17)12-21-19(22)15-5-6-18(20-13-15)25-16-7-9-24-10-8-16/h2-6,11,13,16H,7-10,12H2,1H3,(H,21,22). The first kappa shape index (κ1) is 17.2. The van der Waals surface area contributed by atoms with E-state index in [1.165, 1.54) is 6.20 Å². The smallest absolute Gasteiger partial charge is 0.253 e.